The molecule has 34 heavy (non-hydrogen) atoms. The first-order valence-electron chi connectivity index (χ1n) is 11.7. The van der Waals surface area contributed by atoms with Crippen LogP contribution in [0.5, 0.6) is 0 Å². The number of nitrogens with one attached hydrogen (secondary N) is 1. The zero-order valence-corrected chi connectivity index (χ0v) is 18.9. The number of benzene rings is 1. The Morgan fingerprint density at radius 3 is 2.38 bits per heavy atom. The van der Waals surface area contributed by atoms with E-state index in [-0.39, 0.29) is 35.9 Å². The van der Waals surface area contributed by atoms with Crippen molar-refractivity contribution in [2.24, 2.45) is 5.73 Å². The Kier molecular flexibility index (Phi) is 5.82. The molecule has 2 atom stereocenters. The van der Waals surface area contributed by atoms with Crippen LogP contribution in [0.4, 0.5) is 5.69 Å². The molecule has 3 saturated heterocycles. The molecule has 5 amide bonds. The second-order valence-electron chi connectivity index (χ2n) is 9.33. The van der Waals surface area contributed by atoms with E-state index in [0.717, 1.165) is 23.6 Å². The maximum absolute atomic E-state index is 13.1. The second-order valence-corrected chi connectivity index (χ2v) is 9.33. The number of piperidine rings is 1. The minimum Gasteiger partial charge on any atom is -0.369 e. The number of imide groups is 2. The van der Waals surface area contributed by atoms with Gasteiger partial charge in [-0.1, -0.05) is 0 Å². The molecule has 0 spiro atoms. The summed E-state index contributed by atoms with van der Waals surface area (Å²) in [6.07, 6.45) is 1.07. The number of piperazine rings is 1. The summed E-state index contributed by atoms with van der Waals surface area (Å²) in [7, 11) is 0. The van der Waals surface area contributed by atoms with E-state index in [0.29, 0.717) is 39.3 Å². The standard InChI is InChI=1S/C23H28N6O5/c24-14-5-6-28(12-14)20(31)13-26-7-9-27(10-8-26)15-1-2-16-17(11-15)23(34)29(22(16)33)18-3-4-19(30)25-21(18)32/h1-2,11,14,18H,3-10,12-13,24H2,(H,25,30,32)/t14-,18?/m0/s1. The fourth-order valence-electron chi connectivity index (χ4n) is 5.12. The molecule has 5 rings (SSSR count). The zero-order valence-electron chi connectivity index (χ0n) is 18.9. The maximum Gasteiger partial charge on any atom is 0.262 e. The molecule has 4 heterocycles. The summed E-state index contributed by atoms with van der Waals surface area (Å²) in [4.78, 5) is 69.1. The normalized spacial score (nSPS) is 25.7. The lowest BCUT2D eigenvalue weighted by Gasteiger charge is -2.36. The highest BCUT2D eigenvalue weighted by Crippen LogP contribution is 2.31. The van der Waals surface area contributed by atoms with Crippen molar-refractivity contribution >= 4 is 35.2 Å². The molecule has 4 aliphatic heterocycles. The van der Waals surface area contributed by atoms with Crippen LogP contribution in [0.15, 0.2) is 18.2 Å². The van der Waals surface area contributed by atoms with Crippen LogP contribution >= 0.6 is 0 Å². The molecular weight excluding hydrogens is 440 g/mol. The molecule has 1 unspecified atom stereocenters. The summed E-state index contributed by atoms with van der Waals surface area (Å²) in [6.45, 7) is 4.50. The minimum atomic E-state index is -0.972. The monoisotopic (exact) mass is 468 g/mol. The van der Waals surface area contributed by atoms with Gasteiger partial charge in [0.1, 0.15) is 6.04 Å². The Labute approximate surface area is 196 Å². The summed E-state index contributed by atoms with van der Waals surface area (Å²) < 4.78 is 0. The first-order chi connectivity index (χ1) is 16.3. The van der Waals surface area contributed by atoms with Crippen molar-refractivity contribution in [3.63, 3.8) is 0 Å². The van der Waals surface area contributed by atoms with Crippen LogP contribution in [0, 0.1) is 0 Å². The number of anilines is 1. The lowest BCUT2D eigenvalue weighted by molar-refractivity contribution is -0.136. The molecule has 1 aromatic carbocycles. The molecule has 0 bridgehead atoms. The Bertz CT molecular complexity index is 1070. The number of amides is 5. The topological polar surface area (TPSA) is 136 Å². The smallest absolute Gasteiger partial charge is 0.262 e. The third kappa shape index (κ3) is 4.05. The van der Waals surface area contributed by atoms with E-state index in [2.05, 4.69) is 15.1 Å². The van der Waals surface area contributed by atoms with E-state index in [1.54, 1.807) is 12.1 Å². The molecule has 3 fully saturated rings. The summed E-state index contributed by atoms with van der Waals surface area (Å²) in [5, 5.41) is 2.20. The Morgan fingerprint density at radius 1 is 0.971 bits per heavy atom. The van der Waals surface area contributed by atoms with Crippen LogP contribution in [0.25, 0.3) is 0 Å². The van der Waals surface area contributed by atoms with Gasteiger partial charge >= 0.3 is 0 Å². The van der Waals surface area contributed by atoms with Gasteiger partial charge in [0, 0.05) is 57.4 Å². The number of hydrogen-bond acceptors (Lipinski definition) is 8. The molecule has 4 aliphatic rings. The van der Waals surface area contributed by atoms with Crippen molar-refractivity contribution in [1.82, 2.24) is 20.0 Å². The van der Waals surface area contributed by atoms with Gasteiger partial charge < -0.3 is 15.5 Å². The van der Waals surface area contributed by atoms with Crippen molar-refractivity contribution < 1.29 is 24.0 Å². The van der Waals surface area contributed by atoms with Gasteiger partial charge in [0.05, 0.1) is 17.7 Å². The summed E-state index contributed by atoms with van der Waals surface area (Å²) >= 11 is 0. The van der Waals surface area contributed by atoms with Crippen LogP contribution in [0.2, 0.25) is 0 Å². The second kappa shape index (κ2) is 8.80. The molecule has 0 aliphatic carbocycles. The first-order valence-corrected chi connectivity index (χ1v) is 11.7. The van der Waals surface area contributed by atoms with E-state index in [1.807, 2.05) is 11.0 Å². The van der Waals surface area contributed by atoms with Crippen molar-refractivity contribution in [3.8, 4) is 0 Å². The molecule has 0 saturated carbocycles. The highest BCUT2D eigenvalue weighted by molar-refractivity contribution is 6.23. The van der Waals surface area contributed by atoms with Crippen LogP contribution < -0.4 is 16.0 Å². The zero-order chi connectivity index (χ0) is 24.0. The lowest BCUT2D eigenvalue weighted by atomic mass is 10.0. The van der Waals surface area contributed by atoms with Crippen molar-refractivity contribution in [3.05, 3.63) is 29.3 Å². The molecule has 180 valence electrons. The number of likely N-dealkylation sites (tertiary alicyclic amines) is 1. The van der Waals surface area contributed by atoms with Gasteiger partial charge in [0.15, 0.2) is 0 Å². The molecule has 11 heteroatoms. The Balaban J connectivity index is 1.22. The molecular formula is C23H28N6O5. The molecule has 1 aromatic rings. The number of nitrogens with two attached hydrogens (primary N) is 1. The van der Waals surface area contributed by atoms with Crippen LogP contribution in [-0.4, -0.2) is 102 Å². The molecule has 0 radical (unpaired) electrons. The number of carbonyl (C=O) groups is 5. The lowest BCUT2D eigenvalue weighted by Crippen LogP contribution is -2.54. The summed E-state index contributed by atoms with van der Waals surface area (Å²) in [5.74, 6) is -1.93. The molecule has 3 N–H and O–H groups in total. The van der Waals surface area contributed by atoms with Crippen LogP contribution in [-0.2, 0) is 14.4 Å². The molecule has 0 aromatic heterocycles. The average molecular weight is 469 g/mol. The van der Waals surface area contributed by atoms with Gasteiger partial charge in [-0.3, -0.25) is 39.1 Å². The van der Waals surface area contributed by atoms with E-state index in [4.69, 9.17) is 5.73 Å². The van der Waals surface area contributed by atoms with Crippen molar-refractivity contribution in [2.45, 2.75) is 31.3 Å². The largest absolute Gasteiger partial charge is 0.369 e. The van der Waals surface area contributed by atoms with Gasteiger partial charge in [-0.05, 0) is 31.0 Å². The third-order valence-corrected chi connectivity index (χ3v) is 7.10. The minimum absolute atomic E-state index is 0.0705. The average Bonchev–Trinajstić information content (AvgIpc) is 3.36. The number of rotatable bonds is 4. The number of carbonyl (C=O) groups excluding carboxylic acids is 5. The highest BCUT2D eigenvalue weighted by Gasteiger charge is 2.44. The fourth-order valence-corrected chi connectivity index (χ4v) is 5.12. The highest BCUT2D eigenvalue weighted by atomic mass is 16.2. The first kappa shape index (κ1) is 22.5. The van der Waals surface area contributed by atoms with Gasteiger partial charge in [0.25, 0.3) is 11.8 Å². The van der Waals surface area contributed by atoms with Crippen LogP contribution in [0.3, 0.4) is 0 Å². The summed E-state index contributed by atoms with van der Waals surface area (Å²) in [5.41, 5.74) is 7.27. The Morgan fingerprint density at radius 2 is 1.71 bits per heavy atom. The fraction of sp³-hybridized carbons (Fsp3) is 0.522. The van der Waals surface area contributed by atoms with E-state index in [9.17, 15) is 24.0 Å². The number of nitrogens with zero attached hydrogens (tertiary/aromatic N) is 4. The van der Waals surface area contributed by atoms with E-state index in [1.165, 1.54) is 0 Å². The molecule has 11 nitrogen and oxygen atoms in total. The van der Waals surface area contributed by atoms with Crippen molar-refractivity contribution in [1.29, 1.82) is 0 Å². The third-order valence-electron chi connectivity index (χ3n) is 7.10. The van der Waals surface area contributed by atoms with E-state index < -0.39 is 29.7 Å². The van der Waals surface area contributed by atoms with E-state index >= 15 is 0 Å². The van der Waals surface area contributed by atoms with Gasteiger partial charge in [-0.2, -0.15) is 0 Å². The van der Waals surface area contributed by atoms with Gasteiger partial charge in [-0.15, -0.1) is 0 Å². The maximum atomic E-state index is 13.1. The van der Waals surface area contributed by atoms with Gasteiger partial charge in [0.2, 0.25) is 17.7 Å². The SMILES string of the molecule is N[C@H]1CCN(C(=O)CN2CCN(c3ccc4c(c3)C(=O)N(C3CCC(=O)NC3=O)C4=O)CC2)C1. The quantitative estimate of drug-likeness (QED) is 0.524. The predicted molar refractivity (Wildman–Crippen MR) is 121 cm³/mol. The number of hydrogen-bond donors (Lipinski definition) is 2. The Hall–Kier alpha value is -3.31. The predicted octanol–water partition coefficient (Wildman–Crippen LogP) is -1.23. The summed E-state index contributed by atoms with van der Waals surface area (Å²) in [6, 6.07) is 4.24. The van der Waals surface area contributed by atoms with Crippen LogP contribution in [0.1, 0.15) is 40.0 Å². The van der Waals surface area contributed by atoms with Gasteiger partial charge in [-0.25, -0.2) is 0 Å². The number of fused-ring (bicyclic) bond motifs is 1. The van der Waals surface area contributed by atoms with Crippen molar-refractivity contribution in [2.75, 3.05) is 50.7 Å².